The Labute approximate surface area is 622 Å². The fraction of sp³-hybridized carbons (Fsp3) is 0.250. The van der Waals surface area contributed by atoms with Gasteiger partial charge in [-0.1, -0.05) is 294 Å². The van der Waals surface area contributed by atoms with Crippen molar-refractivity contribution in [3.05, 3.63) is 282 Å². The third-order valence-corrected chi connectivity index (χ3v) is 20.9. The highest BCUT2D eigenvalue weighted by molar-refractivity contribution is 7.00. The predicted molar refractivity (Wildman–Crippen MR) is 438 cm³/mol. The first-order valence-electron chi connectivity index (χ1n) is 43.3. The van der Waals surface area contributed by atoms with E-state index < -0.39 is 103 Å². The minimum absolute atomic E-state index is 0.0646. The largest absolute Gasteiger partial charge is 0.311 e. The summed E-state index contributed by atoms with van der Waals surface area (Å²) in [5.74, 6) is 0. The highest BCUT2D eigenvalue weighted by Gasteiger charge is 2.45. The molecule has 0 amide bonds. The molecule has 4 nitrogen and oxygen atoms in total. The first-order chi connectivity index (χ1) is 54.5. The van der Waals surface area contributed by atoms with Crippen LogP contribution in [0.3, 0.4) is 0 Å². The number of rotatable bonds is 7. The van der Waals surface area contributed by atoms with Gasteiger partial charge in [0.2, 0.25) is 0 Å². The number of hydrogen-bond acceptors (Lipinski definition) is 2. The molecule has 4 heterocycles. The summed E-state index contributed by atoms with van der Waals surface area (Å²) in [6.07, 6.45) is 0. The van der Waals surface area contributed by atoms with Gasteiger partial charge in [-0.2, -0.15) is 0 Å². The molecule has 0 saturated carbocycles. The van der Waals surface area contributed by atoms with E-state index in [9.17, 15) is 16.4 Å². The van der Waals surface area contributed by atoms with Crippen LogP contribution in [0.4, 0.5) is 34.1 Å². The molecule has 0 unspecified atom stereocenters. The van der Waals surface area contributed by atoms with Gasteiger partial charge in [0, 0.05) is 61.4 Å². The van der Waals surface area contributed by atoms with E-state index in [0.29, 0.717) is 22.7 Å². The van der Waals surface area contributed by atoms with Crippen molar-refractivity contribution in [3.8, 4) is 44.8 Å². The monoisotopic (exact) mass is 1330 g/mol. The van der Waals surface area contributed by atoms with Crippen LogP contribution in [-0.4, -0.2) is 15.8 Å². The maximum absolute atomic E-state index is 9.99. The van der Waals surface area contributed by atoms with Gasteiger partial charge < -0.3 is 18.9 Å². The summed E-state index contributed by atoms with van der Waals surface area (Å²) in [6, 6.07) is 45.2. The van der Waals surface area contributed by atoms with Crippen molar-refractivity contribution in [3.63, 3.8) is 0 Å². The Morgan fingerprint density at radius 1 is 0.248 bits per heavy atom. The standard InChI is InChI=1S/C96H95BN4/c1-91(2,3)66-47-63(48-67(54-66)92(4,5)6)60-35-40-72(41-36-60)98-86-46-39-62(65-51-70(95(13,14)15)56-71(52-65)96(16,17)18)53-81(86)97-80-45-44-74(100-82-31-23-19-27-76(82)77-28-20-24-32-83(77)100)57-87(80)99(73-42-37-61(38-43-73)64-49-68(93(7,8)9)55-69(50-64)94(10,11)12)89-59-75(58-88(98)90(89)97)101-84-33-25-21-29-78(84)79-30-22-26-34-85(79)101/h19-59H,1-18H3/i19D,20D,21D,22D,23D,24D,25D,26D,27D,28D,29D,30D,31D,32D,33D,34D. The first kappa shape index (κ1) is 49.4. The van der Waals surface area contributed by atoms with Gasteiger partial charge in [0.15, 0.2) is 0 Å². The zero-order valence-electron chi connectivity index (χ0n) is 77.3. The predicted octanol–water partition coefficient (Wildman–Crippen LogP) is 24.7. The van der Waals surface area contributed by atoms with Gasteiger partial charge >= 0.3 is 0 Å². The third kappa shape index (κ3) is 11.3. The fourth-order valence-electron chi connectivity index (χ4n) is 14.9. The number of hydrogen-bond donors (Lipinski definition) is 0. The number of benzene rings is 12. The van der Waals surface area contributed by atoms with E-state index in [1.54, 1.807) is 4.57 Å². The van der Waals surface area contributed by atoms with Crippen LogP contribution in [0.5, 0.6) is 0 Å². The van der Waals surface area contributed by atoms with Crippen molar-refractivity contribution in [2.75, 3.05) is 9.80 Å². The quantitative estimate of drug-likeness (QED) is 0.148. The lowest BCUT2D eigenvalue weighted by Gasteiger charge is -2.44. The van der Waals surface area contributed by atoms with Crippen LogP contribution in [-0.2, 0) is 32.5 Å². The number of nitrogens with zero attached hydrogens (tertiary/aromatic N) is 4. The summed E-state index contributed by atoms with van der Waals surface area (Å²) < 4.78 is 155. The van der Waals surface area contributed by atoms with Crippen LogP contribution in [0.25, 0.3) is 88.4 Å². The molecule has 0 radical (unpaired) electrons. The Morgan fingerprint density at radius 2 is 0.545 bits per heavy atom. The molecule has 2 aliphatic heterocycles. The van der Waals surface area contributed by atoms with Crippen molar-refractivity contribution >= 4 is 101 Å². The Kier molecular flexibility index (Phi) is 11.4. The molecule has 14 aromatic rings. The normalized spacial score (nSPS) is 15.8. The topological polar surface area (TPSA) is 16.3 Å². The van der Waals surface area contributed by atoms with Crippen molar-refractivity contribution in [1.29, 1.82) is 0 Å². The van der Waals surface area contributed by atoms with Crippen molar-refractivity contribution in [2.24, 2.45) is 0 Å². The van der Waals surface area contributed by atoms with Crippen LogP contribution >= 0.6 is 0 Å². The maximum Gasteiger partial charge on any atom is 0.252 e. The second-order valence-electron chi connectivity index (χ2n) is 34.1. The summed E-state index contributed by atoms with van der Waals surface area (Å²) in [5, 5.41) is -0.356. The second-order valence-corrected chi connectivity index (χ2v) is 34.1. The Balaban J connectivity index is 1.09. The van der Waals surface area contributed by atoms with Crippen molar-refractivity contribution < 1.29 is 21.9 Å². The summed E-state index contributed by atoms with van der Waals surface area (Å²) in [4.78, 5) is 4.34. The van der Waals surface area contributed by atoms with E-state index in [1.165, 1.54) is 15.7 Å². The summed E-state index contributed by atoms with van der Waals surface area (Å²) in [7, 11) is 0. The maximum atomic E-state index is 9.99. The summed E-state index contributed by atoms with van der Waals surface area (Å²) >= 11 is 0. The molecule has 0 spiro atoms. The zero-order valence-corrected chi connectivity index (χ0v) is 61.3. The van der Waals surface area contributed by atoms with Gasteiger partial charge in [0.25, 0.3) is 6.71 Å². The molecule has 101 heavy (non-hydrogen) atoms. The molecule has 0 bridgehead atoms. The van der Waals surface area contributed by atoms with Crippen LogP contribution in [0.1, 0.15) is 180 Å². The lowest BCUT2D eigenvalue weighted by molar-refractivity contribution is 0.568. The molecule has 5 heteroatoms. The molecule has 12 aromatic carbocycles. The summed E-state index contributed by atoms with van der Waals surface area (Å²) in [6.45, 7) is 39.2. The number of anilines is 6. The molecular formula is C96H95BN4. The highest BCUT2D eigenvalue weighted by Crippen LogP contribution is 2.50. The summed E-state index contributed by atoms with van der Waals surface area (Å²) in [5.41, 5.74) is 18.1. The molecule has 0 saturated heterocycles. The molecule has 0 aliphatic carbocycles. The lowest BCUT2D eigenvalue weighted by atomic mass is 9.33. The second kappa shape index (κ2) is 23.2. The van der Waals surface area contributed by atoms with Crippen LogP contribution < -0.4 is 26.2 Å². The number of para-hydroxylation sites is 4. The van der Waals surface area contributed by atoms with Crippen LogP contribution in [0, 0.1) is 0 Å². The van der Waals surface area contributed by atoms with Gasteiger partial charge in [-0.3, -0.25) is 0 Å². The smallest absolute Gasteiger partial charge is 0.252 e. The number of fused-ring (bicyclic) bond motifs is 10. The van der Waals surface area contributed by atoms with Gasteiger partial charge in [-0.15, -0.1) is 0 Å². The van der Waals surface area contributed by atoms with Crippen molar-refractivity contribution in [1.82, 2.24) is 9.13 Å². The fourth-order valence-corrected chi connectivity index (χ4v) is 14.9. The zero-order chi connectivity index (χ0) is 84.7. The third-order valence-electron chi connectivity index (χ3n) is 20.9. The van der Waals surface area contributed by atoms with E-state index in [2.05, 4.69) is 244 Å². The minimum Gasteiger partial charge on any atom is -0.311 e. The number of aromatic nitrogens is 2. The Hall–Kier alpha value is -10.1. The molecule has 16 rings (SSSR count). The van der Waals surface area contributed by atoms with Gasteiger partial charge in [-0.25, -0.2) is 0 Å². The first-order valence-corrected chi connectivity index (χ1v) is 35.3. The molecule has 0 fully saturated rings. The molecule has 0 atom stereocenters. The van der Waals surface area contributed by atoms with Gasteiger partial charge in [0.1, 0.15) is 0 Å². The van der Waals surface area contributed by atoms with E-state index in [-0.39, 0.29) is 87.5 Å². The SMILES string of the molecule is [2H]c1c([2H])c([2H])c2c(c1[2H])c1c([2H])c([2H])c([2H])c([2H])c1n2-c1ccc2c(c1)N(c1ccc(-c3cc(C(C)(C)C)cc(C(C)(C)C)c3)cc1)c1cc(-n3c4c([2H])c([2H])c([2H])c([2H])c4c4c([2H])c([2H])c([2H])c([2H])c43)cc3c1B2c1cc(-c2cc(C(C)(C)C)cc(C(C)(C)C)c2)ccc1N3c1ccc(-c2cc(C(C)(C)C)cc(C(C)(C)C)c2)cc1. The van der Waals surface area contributed by atoms with Gasteiger partial charge in [0.05, 0.1) is 49.7 Å². The van der Waals surface area contributed by atoms with Crippen LogP contribution in [0.2, 0.25) is 0 Å². The van der Waals surface area contributed by atoms with E-state index >= 15 is 0 Å². The molecule has 0 N–H and O–H groups in total. The van der Waals surface area contributed by atoms with E-state index in [0.717, 1.165) is 83.4 Å². The van der Waals surface area contributed by atoms with E-state index in [4.69, 9.17) is 5.48 Å². The minimum atomic E-state index is -0.714. The van der Waals surface area contributed by atoms with Crippen LogP contribution in [0.15, 0.2) is 248 Å². The molecular weight excluding hydrogens is 1220 g/mol. The molecule has 2 aromatic heterocycles. The Bertz CT molecular complexity index is 6400. The Morgan fingerprint density at radius 3 is 0.901 bits per heavy atom. The van der Waals surface area contributed by atoms with Crippen molar-refractivity contribution in [2.45, 2.75) is 157 Å². The lowest BCUT2D eigenvalue weighted by Crippen LogP contribution is -2.61. The molecule has 2 aliphatic rings. The average Bonchev–Trinajstić information content (AvgIpc) is 1.69. The molecule has 502 valence electrons. The van der Waals surface area contributed by atoms with E-state index in [1.807, 2.05) is 42.5 Å². The average molecular weight is 1330 g/mol. The highest BCUT2D eigenvalue weighted by atomic mass is 15.2. The van der Waals surface area contributed by atoms with Gasteiger partial charge in [-0.05, 0) is 194 Å².